The zero-order valence-corrected chi connectivity index (χ0v) is 11.8. The number of nitrogens with zero attached hydrogens (tertiary/aromatic N) is 1. The molecule has 0 bridgehead atoms. The Balaban J connectivity index is 2.45. The molecule has 4 heteroatoms. The summed E-state index contributed by atoms with van der Waals surface area (Å²) in [6.07, 6.45) is 2.10. The molecule has 1 atom stereocenters. The fraction of sp³-hybridized carbons (Fsp3) is 0.533. The van der Waals surface area contributed by atoms with Gasteiger partial charge in [-0.15, -0.1) is 0 Å². The van der Waals surface area contributed by atoms with Gasteiger partial charge in [-0.1, -0.05) is 32.8 Å². The molecular weight excluding hydrogens is 240 g/mol. The van der Waals surface area contributed by atoms with Crippen molar-refractivity contribution in [2.45, 2.75) is 46.2 Å². The summed E-state index contributed by atoms with van der Waals surface area (Å²) in [7, 11) is 0. The number of benzene rings is 1. The lowest BCUT2D eigenvalue weighted by molar-refractivity contribution is 0.405. The summed E-state index contributed by atoms with van der Waals surface area (Å²) in [5, 5.41) is 0. The zero-order valence-electron chi connectivity index (χ0n) is 11.8. The first kappa shape index (κ1) is 13.9. The normalized spacial score (nSPS) is 13.3. The number of aryl methyl sites for hydroxylation is 1. The molecule has 19 heavy (non-hydrogen) atoms. The third kappa shape index (κ3) is 2.45. The maximum Gasteiger partial charge on any atom is 0.419 e. The second-order valence-corrected chi connectivity index (χ2v) is 4.94. The number of fused-ring (bicyclic) bond motifs is 1. The van der Waals surface area contributed by atoms with Gasteiger partial charge in [-0.3, -0.25) is 4.57 Å². The second-order valence-electron chi connectivity index (χ2n) is 4.94. The highest BCUT2D eigenvalue weighted by atomic mass is 16.4. The van der Waals surface area contributed by atoms with Crippen molar-refractivity contribution in [1.29, 1.82) is 0 Å². The molecule has 1 unspecified atom stereocenters. The van der Waals surface area contributed by atoms with Gasteiger partial charge in [0.1, 0.15) is 0 Å². The lowest BCUT2D eigenvalue weighted by Crippen LogP contribution is -2.20. The van der Waals surface area contributed by atoms with Gasteiger partial charge in [0, 0.05) is 12.6 Å². The number of hydrogen-bond donors (Lipinski definition) is 1. The van der Waals surface area contributed by atoms with E-state index in [1.807, 2.05) is 25.1 Å². The van der Waals surface area contributed by atoms with Crippen LogP contribution in [0.15, 0.2) is 27.4 Å². The minimum absolute atomic E-state index is 0.00493. The summed E-state index contributed by atoms with van der Waals surface area (Å²) >= 11 is 0. The number of nitrogens with two attached hydrogens (primary N) is 1. The minimum Gasteiger partial charge on any atom is -0.408 e. The topological polar surface area (TPSA) is 61.2 Å². The van der Waals surface area contributed by atoms with Crippen LogP contribution in [0.3, 0.4) is 0 Å². The fourth-order valence-corrected chi connectivity index (χ4v) is 2.66. The van der Waals surface area contributed by atoms with E-state index in [9.17, 15) is 4.79 Å². The molecule has 0 amide bonds. The Kier molecular flexibility index (Phi) is 4.10. The van der Waals surface area contributed by atoms with Gasteiger partial charge in [0.15, 0.2) is 5.58 Å². The van der Waals surface area contributed by atoms with Crippen molar-refractivity contribution in [2.75, 3.05) is 0 Å². The van der Waals surface area contributed by atoms with Crippen LogP contribution in [0.25, 0.3) is 11.1 Å². The van der Waals surface area contributed by atoms with Gasteiger partial charge < -0.3 is 10.2 Å². The highest BCUT2D eigenvalue weighted by Crippen LogP contribution is 2.27. The summed E-state index contributed by atoms with van der Waals surface area (Å²) in [5.74, 6) is 0.156. The number of oxazole rings is 1. The Morgan fingerprint density at radius 3 is 2.53 bits per heavy atom. The fourth-order valence-electron chi connectivity index (χ4n) is 2.66. The average molecular weight is 262 g/mol. The Labute approximate surface area is 113 Å². The third-order valence-corrected chi connectivity index (χ3v) is 3.95. The van der Waals surface area contributed by atoms with E-state index in [0.717, 1.165) is 23.9 Å². The van der Waals surface area contributed by atoms with Crippen molar-refractivity contribution in [3.63, 3.8) is 0 Å². The smallest absolute Gasteiger partial charge is 0.408 e. The van der Waals surface area contributed by atoms with Crippen molar-refractivity contribution >= 4 is 11.1 Å². The van der Waals surface area contributed by atoms with E-state index in [-0.39, 0.29) is 11.8 Å². The molecule has 1 aromatic carbocycles. The first-order valence-corrected chi connectivity index (χ1v) is 7.01. The predicted molar refractivity (Wildman–Crippen MR) is 77.1 cm³/mol. The van der Waals surface area contributed by atoms with Crippen molar-refractivity contribution in [2.24, 2.45) is 11.7 Å². The van der Waals surface area contributed by atoms with Gasteiger partial charge in [-0.2, -0.15) is 0 Å². The zero-order chi connectivity index (χ0) is 14.0. The van der Waals surface area contributed by atoms with Crippen molar-refractivity contribution in [1.82, 2.24) is 4.57 Å². The van der Waals surface area contributed by atoms with Crippen LogP contribution in [0, 0.1) is 5.92 Å². The van der Waals surface area contributed by atoms with Crippen LogP contribution in [-0.2, 0) is 6.54 Å². The van der Waals surface area contributed by atoms with Crippen LogP contribution in [0.4, 0.5) is 0 Å². The summed E-state index contributed by atoms with van der Waals surface area (Å²) < 4.78 is 6.91. The quantitative estimate of drug-likeness (QED) is 0.900. The first-order chi connectivity index (χ1) is 9.12. The highest BCUT2D eigenvalue weighted by molar-refractivity contribution is 5.73. The van der Waals surface area contributed by atoms with E-state index >= 15 is 0 Å². The Morgan fingerprint density at radius 2 is 1.95 bits per heavy atom. The molecule has 0 aliphatic rings. The monoisotopic (exact) mass is 262 g/mol. The molecule has 2 rings (SSSR count). The average Bonchev–Trinajstić information content (AvgIpc) is 2.74. The van der Waals surface area contributed by atoms with Gasteiger partial charge in [0.2, 0.25) is 0 Å². The van der Waals surface area contributed by atoms with Gasteiger partial charge in [-0.25, -0.2) is 4.79 Å². The molecule has 0 fully saturated rings. The van der Waals surface area contributed by atoms with E-state index in [2.05, 4.69) is 13.8 Å². The van der Waals surface area contributed by atoms with Crippen LogP contribution in [0.2, 0.25) is 0 Å². The van der Waals surface area contributed by atoms with Crippen LogP contribution >= 0.6 is 0 Å². The van der Waals surface area contributed by atoms with Gasteiger partial charge in [-0.05, 0) is 30.5 Å². The Bertz CT molecular complexity index is 608. The SMILES string of the molecule is CCC(CC)C(N)c1ccc2c(c1)oc(=O)n2CC. The highest BCUT2D eigenvalue weighted by Gasteiger charge is 2.17. The van der Waals surface area contributed by atoms with Crippen LogP contribution < -0.4 is 11.5 Å². The summed E-state index contributed by atoms with van der Waals surface area (Å²) in [5.41, 5.74) is 8.81. The molecule has 0 aliphatic heterocycles. The maximum atomic E-state index is 11.7. The summed E-state index contributed by atoms with van der Waals surface area (Å²) in [6, 6.07) is 5.84. The van der Waals surface area contributed by atoms with Gasteiger partial charge >= 0.3 is 5.76 Å². The molecule has 104 valence electrons. The predicted octanol–water partition coefficient (Wildman–Crippen LogP) is 3.05. The summed E-state index contributed by atoms with van der Waals surface area (Å²) in [4.78, 5) is 11.7. The van der Waals surface area contributed by atoms with E-state index in [0.29, 0.717) is 18.0 Å². The molecule has 1 heterocycles. The lowest BCUT2D eigenvalue weighted by atomic mass is 9.89. The largest absolute Gasteiger partial charge is 0.419 e. The molecule has 4 nitrogen and oxygen atoms in total. The van der Waals surface area contributed by atoms with E-state index in [1.54, 1.807) is 4.57 Å². The van der Waals surface area contributed by atoms with Gasteiger partial charge in [0.25, 0.3) is 0 Å². The second kappa shape index (κ2) is 5.61. The Morgan fingerprint density at radius 1 is 1.26 bits per heavy atom. The van der Waals surface area contributed by atoms with Gasteiger partial charge in [0.05, 0.1) is 5.52 Å². The van der Waals surface area contributed by atoms with Crippen molar-refractivity contribution in [3.05, 3.63) is 34.3 Å². The van der Waals surface area contributed by atoms with Crippen LogP contribution in [0.1, 0.15) is 45.2 Å². The van der Waals surface area contributed by atoms with Crippen LogP contribution in [-0.4, -0.2) is 4.57 Å². The molecule has 0 aliphatic carbocycles. The maximum absolute atomic E-state index is 11.7. The number of hydrogen-bond acceptors (Lipinski definition) is 3. The Hall–Kier alpha value is -1.55. The van der Waals surface area contributed by atoms with E-state index in [4.69, 9.17) is 10.2 Å². The molecule has 1 aromatic heterocycles. The minimum atomic E-state index is -0.300. The van der Waals surface area contributed by atoms with E-state index in [1.165, 1.54) is 0 Å². The van der Waals surface area contributed by atoms with Crippen molar-refractivity contribution < 1.29 is 4.42 Å². The molecular formula is C15H22N2O2. The van der Waals surface area contributed by atoms with Crippen LogP contribution in [0.5, 0.6) is 0 Å². The number of aromatic nitrogens is 1. The molecule has 0 saturated heterocycles. The lowest BCUT2D eigenvalue weighted by Gasteiger charge is -2.21. The first-order valence-electron chi connectivity index (χ1n) is 7.01. The summed E-state index contributed by atoms with van der Waals surface area (Å²) in [6.45, 7) is 6.85. The van der Waals surface area contributed by atoms with E-state index < -0.39 is 0 Å². The number of rotatable bonds is 5. The molecule has 0 spiro atoms. The molecule has 0 radical (unpaired) electrons. The van der Waals surface area contributed by atoms with Crippen molar-refractivity contribution in [3.8, 4) is 0 Å². The molecule has 2 N–H and O–H groups in total. The standard InChI is InChI=1S/C15H22N2O2/c1-4-10(5-2)14(16)11-7-8-12-13(9-11)19-15(18)17(12)6-3/h7-10,14H,4-6,16H2,1-3H3. The molecule has 2 aromatic rings. The third-order valence-electron chi connectivity index (χ3n) is 3.95. The molecule has 0 saturated carbocycles.